The Bertz CT molecular complexity index is 826. The highest BCUT2D eigenvalue weighted by Gasteiger charge is 2.16. The Morgan fingerprint density at radius 3 is 2.82 bits per heavy atom. The molecule has 2 aromatic heterocycles. The van der Waals surface area contributed by atoms with Crippen molar-refractivity contribution in [3.05, 3.63) is 47.5 Å². The van der Waals surface area contributed by atoms with Gasteiger partial charge in [0.2, 0.25) is 0 Å². The smallest absolute Gasteiger partial charge is 0.187 e. The van der Waals surface area contributed by atoms with Gasteiger partial charge in [0.05, 0.1) is 5.56 Å². The van der Waals surface area contributed by atoms with Gasteiger partial charge in [0.25, 0.3) is 0 Å². The number of nitrogens with zero attached hydrogens (tertiary/aromatic N) is 3. The minimum atomic E-state index is -0.437. The summed E-state index contributed by atoms with van der Waals surface area (Å²) in [7, 11) is 1.80. The molecule has 0 bridgehead atoms. The van der Waals surface area contributed by atoms with E-state index in [-0.39, 0.29) is 5.69 Å². The van der Waals surface area contributed by atoms with Crippen LogP contribution >= 0.6 is 23.6 Å². The Labute approximate surface area is 135 Å². The lowest BCUT2D eigenvalue weighted by molar-refractivity contribution is 0.629. The number of anilines is 2. The molecule has 2 heterocycles. The number of nitrogen functional groups attached to an aromatic ring is 1. The molecule has 0 spiro atoms. The number of aromatic nitrogens is 3. The molecule has 0 aliphatic heterocycles. The lowest BCUT2D eigenvalue weighted by Crippen LogP contribution is -2.13. The van der Waals surface area contributed by atoms with Crippen molar-refractivity contribution in [2.45, 2.75) is 0 Å². The van der Waals surface area contributed by atoms with Crippen LogP contribution in [0.3, 0.4) is 0 Å². The van der Waals surface area contributed by atoms with Crippen LogP contribution in [0.5, 0.6) is 0 Å². The normalized spacial score (nSPS) is 10.6. The number of hydrogen-bond acceptors (Lipinski definition) is 5. The summed E-state index contributed by atoms with van der Waals surface area (Å²) in [5, 5.41) is 5.49. The maximum atomic E-state index is 14.2. The number of rotatable bonds is 3. The Morgan fingerprint density at radius 1 is 1.36 bits per heavy atom. The largest absolute Gasteiger partial charge is 0.398 e. The topological polar surface area (TPSA) is 68.8 Å². The van der Waals surface area contributed by atoms with Gasteiger partial charge in [-0.05, 0) is 12.1 Å². The summed E-state index contributed by atoms with van der Waals surface area (Å²) in [5.74, 6) is 0.0726. The summed E-state index contributed by atoms with van der Waals surface area (Å²) >= 11 is 6.77. The second kappa shape index (κ2) is 5.82. The van der Waals surface area contributed by atoms with Crippen LogP contribution in [0.4, 0.5) is 15.2 Å². The van der Waals surface area contributed by atoms with Gasteiger partial charge in [-0.1, -0.05) is 12.2 Å². The molecular weight excluding hydrogens is 321 g/mol. The van der Waals surface area contributed by atoms with E-state index in [0.717, 1.165) is 0 Å². The van der Waals surface area contributed by atoms with E-state index >= 15 is 0 Å². The molecule has 3 aromatic rings. The van der Waals surface area contributed by atoms with Gasteiger partial charge in [0, 0.05) is 42.3 Å². The second-order valence-electron chi connectivity index (χ2n) is 4.57. The second-order valence-corrected chi connectivity index (χ2v) is 5.88. The molecule has 0 saturated carbocycles. The van der Waals surface area contributed by atoms with Gasteiger partial charge in [0.1, 0.15) is 16.6 Å². The zero-order valence-corrected chi connectivity index (χ0v) is 13.2. The first-order valence-corrected chi connectivity index (χ1v) is 7.62. The molecule has 112 valence electrons. The lowest BCUT2D eigenvalue weighted by atomic mass is 10.1. The minimum Gasteiger partial charge on any atom is -0.398 e. The molecule has 0 saturated heterocycles. The molecule has 22 heavy (non-hydrogen) atoms. The fourth-order valence-electron chi connectivity index (χ4n) is 2.03. The molecule has 0 atom stereocenters. The maximum Gasteiger partial charge on any atom is 0.187 e. The number of hydrogen-bond donors (Lipinski definition) is 2. The lowest BCUT2D eigenvalue weighted by Gasteiger charge is -2.11. The van der Waals surface area contributed by atoms with E-state index < -0.39 is 5.82 Å². The number of imidazole rings is 1. The van der Waals surface area contributed by atoms with Gasteiger partial charge in [0.15, 0.2) is 5.13 Å². The van der Waals surface area contributed by atoms with E-state index in [0.29, 0.717) is 27.1 Å². The van der Waals surface area contributed by atoms with E-state index in [1.54, 1.807) is 36.3 Å². The van der Waals surface area contributed by atoms with Crippen LogP contribution in [0, 0.1) is 5.82 Å². The van der Waals surface area contributed by atoms with Crippen LogP contribution in [0.1, 0.15) is 5.56 Å². The highest BCUT2D eigenvalue weighted by molar-refractivity contribution is 7.81. The van der Waals surface area contributed by atoms with Crippen LogP contribution in [0.25, 0.3) is 11.4 Å². The number of thiocarbonyl (C=S) groups is 1. The minimum absolute atomic E-state index is 0.268. The van der Waals surface area contributed by atoms with Crippen molar-refractivity contribution in [2.75, 3.05) is 11.1 Å². The van der Waals surface area contributed by atoms with E-state index in [4.69, 9.17) is 18.0 Å². The molecule has 5 nitrogen and oxygen atoms in total. The molecule has 8 heteroatoms. The summed E-state index contributed by atoms with van der Waals surface area (Å²) in [6, 6.07) is 2.87. The Hall–Kier alpha value is -2.32. The fourth-order valence-corrected chi connectivity index (χ4v) is 2.90. The first-order chi connectivity index (χ1) is 10.6. The number of thiazole rings is 1. The van der Waals surface area contributed by atoms with Crippen LogP contribution in [-0.4, -0.2) is 19.5 Å². The zero-order chi connectivity index (χ0) is 15.7. The first kappa shape index (κ1) is 14.6. The third kappa shape index (κ3) is 2.70. The number of benzene rings is 1. The van der Waals surface area contributed by atoms with Crippen molar-refractivity contribution >= 4 is 39.4 Å². The van der Waals surface area contributed by atoms with Crippen molar-refractivity contribution in [1.29, 1.82) is 0 Å². The Balaban J connectivity index is 2.01. The predicted molar refractivity (Wildman–Crippen MR) is 90.5 cm³/mol. The molecule has 0 aliphatic rings. The number of aryl methyl sites for hydroxylation is 1. The molecule has 0 amide bonds. The van der Waals surface area contributed by atoms with E-state index in [9.17, 15) is 4.39 Å². The zero-order valence-electron chi connectivity index (χ0n) is 11.6. The average Bonchev–Trinajstić information content (AvgIpc) is 3.11. The third-order valence-corrected chi connectivity index (χ3v) is 4.11. The molecule has 1 aromatic carbocycles. The van der Waals surface area contributed by atoms with E-state index in [1.807, 2.05) is 5.38 Å². The summed E-state index contributed by atoms with van der Waals surface area (Å²) < 4.78 is 15.9. The molecule has 0 fully saturated rings. The molecular formula is C14H12FN5S2. The van der Waals surface area contributed by atoms with Crippen molar-refractivity contribution in [1.82, 2.24) is 14.5 Å². The quantitative estimate of drug-likeness (QED) is 0.569. The van der Waals surface area contributed by atoms with Gasteiger partial charge in [-0.15, -0.1) is 11.3 Å². The van der Waals surface area contributed by atoms with Crippen LogP contribution in [0.2, 0.25) is 0 Å². The monoisotopic (exact) mass is 333 g/mol. The van der Waals surface area contributed by atoms with Crippen molar-refractivity contribution in [3.8, 4) is 11.4 Å². The molecule has 0 aliphatic carbocycles. The van der Waals surface area contributed by atoms with Crippen LogP contribution < -0.4 is 11.1 Å². The summed E-state index contributed by atoms with van der Waals surface area (Å²) in [4.78, 5) is 8.66. The maximum absolute atomic E-state index is 14.2. The van der Waals surface area contributed by atoms with Gasteiger partial charge in [-0.25, -0.2) is 14.4 Å². The van der Waals surface area contributed by atoms with Crippen LogP contribution in [0.15, 0.2) is 36.1 Å². The average molecular weight is 333 g/mol. The fraction of sp³-hybridized carbons (Fsp3) is 0.0714. The van der Waals surface area contributed by atoms with Gasteiger partial charge in [-0.3, -0.25) is 0 Å². The standard InChI is InChI=1S/C14H12FN5S2/c1-20-4-2-17-12(20)8-6-9(11(16)7-10(8)15)13(21)19-14-18-3-5-22-14/h2-7H,16H2,1H3,(H,18,19,21). The summed E-state index contributed by atoms with van der Waals surface area (Å²) in [6.07, 6.45) is 5.02. The number of nitrogens with one attached hydrogen (secondary N) is 1. The third-order valence-electron chi connectivity index (χ3n) is 3.10. The van der Waals surface area contributed by atoms with E-state index in [1.165, 1.54) is 17.4 Å². The number of halogens is 1. The molecule has 3 rings (SSSR count). The van der Waals surface area contributed by atoms with Gasteiger partial charge < -0.3 is 15.6 Å². The van der Waals surface area contributed by atoms with E-state index in [2.05, 4.69) is 15.3 Å². The Kier molecular flexibility index (Phi) is 3.86. The van der Waals surface area contributed by atoms with Gasteiger partial charge >= 0.3 is 0 Å². The highest BCUT2D eigenvalue weighted by atomic mass is 32.1. The summed E-state index contributed by atoms with van der Waals surface area (Å²) in [5.41, 5.74) is 7.06. The molecule has 3 N–H and O–H groups in total. The Morgan fingerprint density at radius 2 is 2.18 bits per heavy atom. The SMILES string of the molecule is Cn1ccnc1-c1cc(C(=S)Nc2nccs2)c(N)cc1F. The molecule has 0 radical (unpaired) electrons. The predicted octanol–water partition coefficient (Wildman–Crippen LogP) is 3.05. The highest BCUT2D eigenvalue weighted by Crippen LogP contribution is 2.27. The first-order valence-electron chi connectivity index (χ1n) is 6.34. The van der Waals surface area contributed by atoms with Crippen molar-refractivity contribution in [3.63, 3.8) is 0 Å². The molecule has 0 unspecified atom stereocenters. The number of nitrogens with two attached hydrogens (primary N) is 1. The van der Waals surface area contributed by atoms with Crippen molar-refractivity contribution < 1.29 is 4.39 Å². The van der Waals surface area contributed by atoms with Crippen molar-refractivity contribution in [2.24, 2.45) is 7.05 Å². The summed E-state index contributed by atoms with van der Waals surface area (Å²) in [6.45, 7) is 0. The van der Waals surface area contributed by atoms with Crippen LogP contribution in [-0.2, 0) is 7.05 Å². The van der Waals surface area contributed by atoms with Gasteiger partial charge in [-0.2, -0.15) is 0 Å².